The number of aryl methyl sites for hydroxylation is 1. The number of benzene rings is 2. The SMILES string of the molecule is COc1cc(C)ccc1CNc1ccccc1S(C)(=O)=O. The van der Waals surface area contributed by atoms with Crippen LogP contribution in [0.1, 0.15) is 11.1 Å². The van der Waals surface area contributed by atoms with Crippen LogP contribution in [0.25, 0.3) is 0 Å². The van der Waals surface area contributed by atoms with Crippen molar-refractivity contribution >= 4 is 15.5 Å². The molecule has 0 saturated carbocycles. The Morgan fingerprint density at radius 3 is 2.52 bits per heavy atom. The fourth-order valence-electron chi connectivity index (χ4n) is 2.12. The molecule has 0 aliphatic carbocycles. The van der Waals surface area contributed by atoms with Gasteiger partial charge in [-0.25, -0.2) is 8.42 Å². The molecule has 0 amide bonds. The first-order valence-electron chi connectivity index (χ1n) is 6.58. The van der Waals surface area contributed by atoms with Crippen molar-refractivity contribution < 1.29 is 13.2 Å². The van der Waals surface area contributed by atoms with Crippen LogP contribution < -0.4 is 10.1 Å². The van der Waals surface area contributed by atoms with Crippen LogP contribution in [0, 0.1) is 6.92 Å². The fraction of sp³-hybridized carbons (Fsp3) is 0.250. The number of sulfone groups is 1. The highest BCUT2D eigenvalue weighted by molar-refractivity contribution is 7.90. The number of hydrogen-bond donors (Lipinski definition) is 1. The lowest BCUT2D eigenvalue weighted by atomic mass is 10.1. The van der Waals surface area contributed by atoms with E-state index < -0.39 is 9.84 Å². The van der Waals surface area contributed by atoms with Crippen LogP contribution in [-0.2, 0) is 16.4 Å². The molecular weight excluding hydrogens is 286 g/mol. The highest BCUT2D eigenvalue weighted by Gasteiger charge is 2.12. The maximum atomic E-state index is 11.8. The summed E-state index contributed by atoms with van der Waals surface area (Å²) in [5.41, 5.74) is 2.70. The van der Waals surface area contributed by atoms with E-state index in [-0.39, 0.29) is 0 Å². The van der Waals surface area contributed by atoms with Crippen LogP contribution in [0.4, 0.5) is 5.69 Å². The summed E-state index contributed by atoms with van der Waals surface area (Å²) in [6, 6.07) is 12.8. The Bertz CT molecular complexity index is 739. The van der Waals surface area contributed by atoms with Crippen molar-refractivity contribution in [2.75, 3.05) is 18.7 Å². The van der Waals surface area contributed by atoms with E-state index in [2.05, 4.69) is 5.32 Å². The predicted molar refractivity (Wildman–Crippen MR) is 84.6 cm³/mol. The second-order valence-electron chi connectivity index (χ2n) is 4.94. The smallest absolute Gasteiger partial charge is 0.177 e. The lowest BCUT2D eigenvalue weighted by molar-refractivity contribution is 0.410. The Kier molecular flexibility index (Phi) is 4.53. The second kappa shape index (κ2) is 6.18. The Morgan fingerprint density at radius 1 is 1.14 bits per heavy atom. The van der Waals surface area contributed by atoms with E-state index in [4.69, 9.17) is 4.74 Å². The van der Waals surface area contributed by atoms with Crippen LogP contribution in [-0.4, -0.2) is 21.8 Å². The molecule has 0 aromatic heterocycles. The van der Waals surface area contributed by atoms with E-state index in [0.717, 1.165) is 16.9 Å². The van der Waals surface area contributed by atoms with Crippen molar-refractivity contribution in [3.63, 3.8) is 0 Å². The zero-order chi connectivity index (χ0) is 15.5. The molecule has 4 nitrogen and oxygen atoms in total. The van der Waals surface area contributed by atoms with E-state index in [1.165, 1.54) is 6.26 Å². The molecule has 2 aromatic carbocycles. The normalized spacial score (nSPS) is 11.2. The highest BCUT2D eigenvalue weighted by Crippen LogP contribution is 2.24. The first-order valence-corrected chi connectivity index (χ1v) is 8.47. The van der Waals surface area contributed by atoms with Crippen molar-refractivity contribution in [2.24, 2.45) is 0 Å². The number of methoxy groups -OCH3 is 1. The van der Waals surface area contributed by atoms with Crippen LogP contribution in [0.2, 0.25) is 0 Å². The zero-order valence-electron chi connectivity index (χ0n) is 12.4. The van der Waals surface area contributed by atoms with Gasteiger partial charge >= 0.3 is 0 Å². The summed E-state index contributed by atoms with van der Waals surface area (Å²) in [6.07, 6.45) is 1.21. The molecule has 0 aliphatic heterocycles. The molecule has 2 rings (SSSR count). The van der Waals surface area contributed by atoms with Gasteiger partial charge in [0, 0.05) is 18.4 Å². The van der Waals surface area contributed by atoms with Crippen LogP contribution in [0.15, 0.2) is 47.4 Å². The average Bonchev–Trinajstić information content (AvgIpc) is 2.45. The lowest BCUT2D eigenvalue weighted by Crippen LogP contribution is -2.07. The topological polar surface area (TPSA) is 55.4 Å². The molecule has 1 N–H and O–H groups in total. The first kappa shape index (κ1) is 15.4. The first-order chi connectivity index (χ1) is 9.91. The maximum absolute atomic E-state index is 11.8. The molecule has 21 heavy (non-hydrogen) atoms. The van der Waals surface area contributed by atoms with Gasteiger partial charge in [0.2, 0.25) is 0 Å². The summed E-state index contributed by atoms with van der Waals surface area (Å²) in [6.45, 7) is 2.49. The summed E-state index contributed by atoms with van der Waals surface area (Å²) in [4.78, 5) is 0.302. The van der Waals surface area contributed by atoms with Crippen molar-refractivity contribution in [1.82, 2.24) is 0 Å². The summed E-state index contributed by atoms with van der Waals surface area (Å²) in [5.74, 6) is 0.791. The van der Waals surface area contributed by atoms with Crippen molar-refractivity contribution in [1.29, 1.82) is 0 Å². The Hall–Kier alpha value is -2.01. The number of ether oxygens (including phenoxy) is 1. The van der Waals surface area contributed by atoms with Gasteiger partial charge in [-0.1, -0.05) is 24.3 Å². The molecule has 5 heteroatoms. The number of nitrogens with one attached hydrogen (secondary N) is 1. The number of para-hydroxylation sites is 1. The van der Waals surface area contributed by atoms with Crippen LogP contribution in [0.5, 0.6) is 5.75 Å². The molecule has 0 saturated heterocycles. The molecule has 112 valence electrons. The van der Waals surface area contributed by atoms with E-state index in [1.54, 1.807) is 25.3 Å². The summed E-state index contributed by atoms with van der Waals surface area (Å²) >= 11 is 0. The minimum absolute atomic E-state index is 0.302. The molecule has 2 aromatic rings. The van der Waals surface area contributed by atoms with Gasteiger partial charge in [-0.15, -0.1) is 0 Å². The molecule has 0 fully saturated rings. The Morgan fingerprint density at radius 2 is 1.86 bits per heavy atom. The monoisotopic (exact) mass is 305 g/mol. The molecule has 0 heterocycles. The van der Waals surface area contributed by atoms with Gasteiger partial charge in [0.1, 0.15) is 5.75 Å². The molecule has 0 atom stereocenters. The highest BCUT2D eigenvalue weighted by atomic mass is 32.2. The number of hydrogen-bond acceptors (Lipinski definition) is 4. The fourth-order valence-corrected chi connectivity index (χ4v) is 2.99. The molecular formula is C16H19NO3S. The Balaban J connectivity index is 2.25. The summed E-state index contributed by atoms with van der Waals surface area (Å²) in [7, 11) is -1.63. The molecule has 0 spiro atoms. The van der Waals surface area contributed by atoms with Gasteiger partial charge in [-0.05, 0) is 30.7 Å². The van der Waals surface area contributed by atoms with Crippen molar-refractivity contribution in [3.05, 3.63) is 53.6 Å². The van der Waals surface area contributed by atoms with E-state index in [1.807, 2.05) is 31.2 Å². The zero-order valence-corrected chi connectivity index (χ0v) is 13.2. The number of anilines is 1. The largest absolute Gasteiger partial charge is 0.496 e. The van der Waals surface area contributed by atoms with Gasteiger partial charge in [0.25, 0.3) is 0 Å². The third-order valence-electron chi connectivity index (χ3n) is 3.20. The quantitative estimate of drug-likeness (QED) is 0.922. The summed E-state index contributed by atoms with van der Waals surface area (Å²) < 4.78 is 28.9. The molecule has 0 bridgehead atoms. The van der Waals surface area contributed by atoms with E-state index in [0.29, 0.717) is 17.1 Å². The maximum Gasteiger partial charge on any atom is 0.177 e. The van der Waals surface area contributed by atoms with Crippen molar-refractivity contribution in [2.45, 2.75) is 18.4 Å². The van der Waals surface area contributed by atoms with Gasteiger partial charge in [0.05, 0.1) is 17.7 Å². The standard InChI is InChI=1S/C16H19NO3S/c1-12-8-9-13(15(10-12)20-2)11-17-14-6-4-5-7-16(14)21(3,18)19/h4-10,17H,11H2,1-3H3. The summed E-state index contributed by atoms with van der Waals surface area (Å²) in [5, 5.41) is 3.17. The molecule has 0 unspecified atom stereocenters. The van der Waals surface area contributed by atoms with Crippen molar-refractivity contribution in [3.8, 4) is 5.75 Å². The predicted octanol–water partition coefficient (Wildman–Crippen LogP) is 3.02. The van der Waals surface area contributed by atoms with Gasteiger partial charge in [-0.2, -0.15) is 0 Å². The van der Waals surface area contributed by atoms with E-state index in [9.17, 15) is 8.42 Å². The average molecular weight is 305 g/mol. The lowest BCUT2D eigenvalue weighted by Gasteiger charge is -2.13. The third-order valence-corrected chi connectivity index (χ3v) is 4.35. The van der Waals surface area contributed by atoms with E-state index >= 15 is 0 Å². The molecule has 0 aliphatic rings. The second-order valence-corrected chi connectivity index (χ2v) is 6.92. The minimum atomic E-state index is -3.25. The van der Waals surface area contributed by atoms with Crippen LogP contribution >= 0.6 is 0 Å². The number of rotatable bonds is 5. The van der Waals surface area contributed by atoms with Crippen LogP contribution in [0.3, 0.4) is 0 Å². The Labute approximate surface area is 125 Å². The van der Waals surface area contributed by atoms with Gasteiger partial charge < -0.3 is 10.1 Å². The van der Waals surface area contributed by atoms with Gasteiger partial charge in [-0.3, -0.25) is 0 Å². The minimum Gasteiger partial charge on any atom is -0.496 e. The van der Waals surface area contributed by atoms with Gasteiger partial charge in [0.15, 0.2) is 9.84 Å². The third kappa shape index (κ3) is 3.76. The molecule has 0 radical (unpaired) electrons.